The maximum Gasteiger partial charge on any atom is 0.225 e. The highest BCUT2D eigenvalue weighted by Crippen LogP contribution is 2.46. The molecular weight excluding hydrogens is 275 g/mol. The molecule has 0 radical (unpaired) electrons. The number of aromatic nitrogens is 2. The molecule has 3 rings (SSSR count). The zero-order valence-electron chi connectivity index (χ0n) is 9.46. The summed E-state index contributed by atoms with van der Waals surface area (Å²) in [4.78, 5) is 10.7. The van der Waals surface area contributed by atoms with Gasteiger partial charge in [0.05, 0.1) is 5.39 Å². The van der Waals surface area contributed by atoms with Crippen molar-refractivity contribution in [2.24, 2.45) is 0 Å². The zero-order valence-corrected chi connectivity index (χ0v) is 11.8. The third kappa shape index (κ3) is 1.85. The van der Waals surface area contributed by atoms with E-state index in [0.29, 0.717) is 11.1 Å². The molecule has 0 saturated carbocycles. The molecule has 0 saturated heterocycles. The topological polar surface area (TPSA) is 25.8 Å². The van der Waals surface area contributed by atoms with Crippen molar-refractivity contribution in [3.63, 3.8) is 0 Å². The minimum absolute atomic E-state index is 0.245. The lowest BCUT2D eigenvalue weighted by atomic mass is 9.96. The summed E-state index contributed by atoms with van der Waals surface area (Å²) in [6.07, 6.45) is 4.81. The molecule has 2 nitrogen and oxygen atoms in total. The molecule has 2 aromatic heterocycles. The normalized spacial score (nSPS) is 18.9. The molecule has 1 aliphatic carbocycles. The Hall–Kier alpha value is -0.380. The molecule has 0 N–H and O–H groups in total. The molecule has 5 heteroatoms. The lowest BCUT2D eigenvalue weighted by Crippen LogP contribution is -1.94. The number of nitrogens with zero attached hydrogens (tertiary/aromatic N) is 2. The molecule has 0 fully saturated rings. The largest absolute Gasteiger partial charge is 0.225 e. The van der Waals surface area contributed by atoms with E-state index in [9.17, 15) is 0 Å². The van der Waals surface area contributed by atoms with Crippen molar-refractivity contribution in [3.8, 4) is 0 Å². The van der Waals surface area contributed by atoms with Crippen molar-refractivity contribution in [2.75, 3.05) is 0 Å². The van der Waals surface area contributed by atoms with E-state index in [4.69, 9.17) is 23.2 Å². The minimum Gasteiger partial charge on any atom is -0.207 e. The van der Waals surface area contributed by atoms with Crippen molar-refractivity contribution < 1.29 is 0 Å². The average Bonchev–Trinajstić information content (AvgIpc) is 2.78. The zero-order chi connectivity index (χ0) is 12.0. The van der Waals surface area contributed by atoms with Crippen LogP contribution in [0, 0.1) is 0 Å². The van der Waals surface area contributed by atoms with Gasteiger partial charge in [0.2, 0.25) is 5.28 Å². The molecule has 2 aromatic rings. The first-order valence-corrected chi connectivity index (χ1v) is 7.42. The van der Waals surface area contributed by atoms with Crippen LogP contribution < -0.4 is 0 Å². The molecule has 1 unspecified atom stereocenters. The van der Waals surface area contributed by atoms with E-state index >= 15 is 0 Å². The molecule has 1 aliphatic rings. The smallest absolute Gasteiger partial charge is 0.207 e. The second-order valence-corrected chi connectivity index (χ2v) is 6.21. The lowest BCUT2D eigenvalue weighted by molar-refractivity contribution is 0.611. The van der Waals surface area contributed by atoms with Gasteiger partial charge in [-0.3, -0.25) is 0 Å². The van der Waals surface area contributed by atoms with Crippen molar-refractivity contribution in [1.29, 1.82) is 0 Å². The van der Waals surface area contributed by atoms with Gasteiger partial charge in [0, 0.05) is 4.88 Å². The molecular formula is C12H12Cl2N2S. The summed E-state index contributed by atoms with van der Waals surface area (Å²) in [5.74, 6) is 0.631. The third-order valence-electron chi connectivity index (χ3n) is 3.36. The summed E-state index contributed by atoms with van der Waals surface area (Å²) >= 11 is 13.8. The summed E-state index contributed by atoms with van der Waals surface area (Å²) in [6, 6.07) is 0. The second-order valence-electron chi connectivity index (χ2n) is 4.43. The Balaban J connectivity index is 2.23. The molecule has 0 bridgehead atoms. The number of aryl methyl sites for hydroxylation is 1. The number of hydrogen-bond acceptors (Lipinski definition) is 3. The predicted octanol–water partition coefficient (Wildman–Crippen LogP) is 4.83. The van der Waals surface area contributed by atoms with E-state index in [1.165, 1.54) is 29.7 Å². The molecule has 0 spiro atoms. The number of hydrogen-bond donors (Lipinski definition) is 0. The fraction of sp³-hybridized carbons (Fsp3) is 0.500. The SMILES string of the molecule is CCCC1CCc2sc3nc(Cl)nc(Cl)c3c21. The van der Waals surface area contributed by atoms with Gasteiger partial charge < -0.3 is 0 Å². The van der Waals surface area contributed by atoms with Crippen LogP contribution >= 0.6 is 34.5 Å². The molecule has 0 amide bonds. The Kier molecular flexibility index (Phi) is 3.01. The summed E-state index contributed by atoms with van der Waals surface area (Å²) in [6.45, 7) is 2.22. The number of fused-ring (bicyclic) bond motifs is 3. The highest BCUT2D eigenvalue weighted by Gasteiger charge is 2.28. The fourth-order valence-corrected chi connectivity index (χ4v) is 4.57. The maximum absolute atomic E-state index is 6.22. The Bertz CT molecular complexity index is 579. The van der Waals surface area contributed by atoms with Gasteiger partial charge in [-0.1, -0.05) is 24.9 Å². The summed E-state index contributed by atoms with van der Waals surface area (Å²) in [5, 5.41) is 1.81. The first kappa shape index (κ1) is 11.7. The van der Waals surface area contributed by atoms with Crippen molar-refractivity contribution >= 4 is 44.8 Å². The summed E-state index contributed by atoms with van der Waals surface area (Å²) < 4.78 is 0. The van der Waals surface area contributed by atoms with Crippen molar-refractivity contribution in [2.45, 2.75) is 38.5 Å². The molecule has 90 valence electrons. The summed E-state index contributed by atoms with van der Waals surface area (Å²) in [5.41, 5.74) is 1.40. The Morgan fingerprint density at radius 2 is 2.18 bits per heavy atom. The first-order chi connectivity index (χ1) is 8.20. The average molecular weight is 287 g/mol. The van der Waals surface area contributed by atoms with Crippen LogP contribution in [-0.2, 0) is 6.42 Å². The van der Waals surface area contributed by atoms with Crippen LogP contribution in [0.4, 0.5) is 0 Å². The molecule has 0 aromatic carbocycles. The molecule has 2 heterocycles. The van der Waals surface area contributed by atoms with Gasteiger partial charge in [-0.2, -0.15) is 0 Å². The Morgan fingerprint density at radius 3 is 2.94 bits per heavy atom. The van der Waals surface area contributed by atoms with E-state index in [0.717, 1.165) is 16.6 Å². The van der Waals surface area contributed by atoms with Gasteiger partial charge in [-0.25, -0.2) is 9.97 Å². The van der Waals surface area contributed by atoms with Gasteiger partial charge >= 0.3 is 0 Å². The lowest BCUT2D eigenvalue weighted by Gasteiger charge is -2.09. The Morgan fingerprint density at radius 1 is 1.35 bits per heavy atom. The highest BCUT2D eigenvalue weighted by molar-refractivity contribution is 7.19. The van der Waals surface area contributed by atoms with Crippen LogP contribution in [0.5, 0.6) is 0 Å². The van der Waals surface area contributed by atoms with Crippen LogP contribution in [0.25, 0.3) is 10.2 Å². The number of halogens is 2. The van der Waals surface area contributed by atoms with Gasteiger partial charge in [-0.05, 0) is 42.3 Å². The predicted molar refractivity (Wildman–Crippen MR) is 73.4 cm³/mol. The number of thiophene rings is 1. The minimum atomic E-state index is 0.245. The van der Waals surface area contributed by atoms with E-state index in [1.807, 2.05) is 0 Å². The third-order valence-corrected chi connectivity index (χ3v) is 4.96. The standard InChI is InChI=1S/C12H12Cl2N2S/c1-2-3-6-4-5-7-8(6)9-10(13)15-12(14)16-11(9)17-7/h6H,2-5H2,1H3. The van der Waals surface area contributed by atoms with Crippen LogP contribution in [0.3, 0.4) is 0 Å². The molecule has 17 heavy (non-hydrogen) atoms. The number of rotatable bonds is 2. The highest BCUT2D eigenvalue weighted by atomic mass is 35.5. The second kappa shape index (κ2) is 4.38. The first-order valence-electron chi connectivity index (χ1n) is 5.85. The Labute approximate surface area is 114 Å². The molecule has 1 atom stereocenters. The van der Waals surface area contributed by atoms with Crippen molar-refractivity contribution in [1.82, 2.24) is 9.97 Å². The molecule has 0 aliphatic heterocycles. The van der Waals surface area contributed by atoms with Gasteiger partial charge in [0.25, 0.3) is 0 Å². The van der Waals surface area contributed by atoms with Crippen molar-refractivity contribution in [3.05, 3.63) is 20.9 Å². The quantitative estimate of drug-likeness (QED) is 0.584. The van der Waals surface area contributed by atoms with E-state index in [2.05, 4.69) is 16.9 Å². The maximum atomic E-state index is 6.22. The van der Waals surface area contributed by atoms with Gasteiger partial charge in [0.15, 0.2) is 0 Å². The van der Waals surface area contributed by atoms with E-state index in [1.54, 1.807) is 11.3 Å². The van der Waals surface area contributed by atoms with Gasteiger partial charge in [-0.15, -0.1) is 11.3 Å². The van der Waals surface area contributed by atoms with Crippen LogP contribution in [0.15, 0.2) is 0 Å². The monoisotopic (exact) mass is 286 g/mol. The summed E-state index contributed by atoms with van der Waals surface area (Å²) in [7, 11) is 0. The van der Waals surface area contributed by atoms with E-state index in [-0.39, 0.29) is 5.28 Å². The van der Waals surface area contributed by atoms with E-state index < -0.39 is 0 Å². The van der Waals surface area contributed by atoms with Crippen LogP contribution in [0.2, 0.25) is 10.4 Å². The van der Waals surface area contributed by atoms with Gasteiger partial charge in [0.1, 0.15) is 9.98 Å². The van der Waals surface area contributed by atoms with Crippen LogP contribution in [-0.4, -0.2) is 9.97 Å². The fourth-order valence-electron chi connectivity index (χ4n) is 2.71. The van der Waals surface area contributed by atoms with Crippen LogP contribution in [0.1, 0.15) is 42.5 Å².